The maximum absolute atomic E-state index is 11.9. The van der Waals surface area contributed by atoms with Gasteiger partial charge in [0.2, 0.25) is 5.91 Å². The highest BCUT2D eigenvalue weighted by Crippen LogP contribution is 2.19. The molecule has 14 heavy (non-hydrogen) atoms. The first-order valence-corrected chi connectivity index (χ1v) is 5.68. The summed E-state index contributed by atoms with van der Waals surface area (Å²) < 4.78 is 0. The molecule has 0 aliphatic carbocycles. The molecule has 1 amide bonds. The maximum atomic E-state index is 11.9. The predicted molar refractivity (Wildman–Crippen MR) is 57.8 cm³/mol. The quantitative estimate of drug-likeness (QED) is 0.744. The van der Waals surface area contributed by atoms with Gasteiger partial charge in [-0.25, -0.2) is 0 Å². The zero-order valence-corrected chi connectivity index (χ0v) is 9.71. The summed E-state index contributed by atoms with van der Waals surface area (Å²) in [5, 5.41) is 3.42. The molecule has 0 spiro atoms. The van der Waals surface area contributed by atoms with Crippen molar-refractivity contribution in [2.24, 2.45) is 5.92 Å². The molecule has 1 N–H and O–H groups in total. The molecule has 0 bridgehead atoms. The van der Waals surface area contributed by atoms with Crippen molar-refractivity contribution in [3.8, 4) is 0 Å². The van der Waals surface area contributed by atoms with Gasteiger partial charge in [0.05, 0.1) is 12.2 Å². The van der Waals surface area contributed by atoms with Crippen molar-refractivity contribution < 1.29 is 4.79 Å². The molecule has 1 saturated heterocycles. The van der Waals surface area contributed by atoms with Gasteiger partial charge in [-0.3, -0.25) is 10.1 Å². The van der Waals surface area contributed by atoms with E-state index in [1.807, 2.05) is 11.8 Å². The Morgan fingerprint density at radius 3 is 2.43 bits per heavy atom. The molecule has 1 aliphatic rings. The first kappa shape index (κ1) is 11.5. The van der Waals surface area contributed by atoms with Crippen LogP contribution in [0.4, 0.5) is 0 Å². The molecule has 1 rings (SSSR count). The summed E-state index contributed by atoms with van der Waals surface area (Å²) in [6.07, 6.45) is 2.26. The third-order valence-corrected chi connectivity index (χ3v) is 2.84. The van der Waals surface area contributed by atoms with Crippen LogP contribution < -0.4 is 5.32 Å². The number of amides is 1. The minimum Gasteiger partial charge on any atom is -0.326 e. The van der Waals surface area contributed by atoms with Gasteiger partial charge in [0.25, 0.3) is 0 Å². The fourth-order valence-electron chi connectivity index (χ4n) is 2.10. The lowest BCUT2D eigenvalue weighted by Crippen LogP contribution is -2.41. The summed E-state index contributed by atoms with van der Waals surface area (Å²) in [4.78, 5) is 13.9. The molecule has 0 aromatic carbocycles. The maximum Gasteiger partial charge on any atom is 0.241 e. The summed E-state index contributed by atoms with van der Waals surface area (Å²) in [6, 6.07) is 0.0624. The number of nitrogens with one attached hydrogen (secondary N) is 1. The van der Waals surface area contributed by atoms with Gasteiger partial charge in [-0.2, -0.15) is 0 Å². The summed E-state index contributed by atoms with van der Waals surface area (Å²) >= 11 is 0. The van der Waals surface area contributed by atoms with E-state index in [0.717, 1.165) is 19.4 Å². The SMILES string of the molecule is CCCC1NC(C(C)C)N(CC)C1=O. The average Bonchev–Trinajstić information content (AvgIpc) is 2.44. The van der Waals surface area contributed by atoms with Gasteiger partial charge in [0.15, 0.2) is 0 Å². The minimum atomic E-state index is 0.0624. The molecular weight excluding hydrogens is 176 g/mol. The Kier molecular flexibility index (Phi) is 3.93. The lowest BCUT2D eigenvalue weighted by atomic mass is 10.1. The Labute approximate surface area is 86.9 Å². The van der Waals surface area contributed by atoms with Crippen molar-refractivity contribution in [3.63, 3.8) is 0 Å². The van der Waals surface area contributed by atoms with Crippen molar-refractivity contribution in [2.75, 3.05) is 6.54 Å². The van der Waals surface area contributed by atoms with E-state index in [2.05, 4.69) is 26.1 Å². The van der Waals surface area contributed by atoms with E-state index < -0.39 is 0 Å². The van der Waals surface area contributed by atoms with Crippen LogP contribution in [0.1, 0.15) is 40.5 Å². The van der Waals surface area contributed by atoms with Crippen molar-refractivity contribution in [3.05, 3.63) is 0 Å². The summed E-state index contributed by atoms with van der Waals surface area (Å²) in [5.74, 6) is 0.772. The third-order valence-electron chi connectivity index (χ3n) is 2.84. The van der Waals surface area contributed by atoms with Gasteiger partial charge in [0, 0.05) is 6.54 Å². The van der Waals surface area contributed by atoms with Crippen LogP contribution >= 0.6 is 0 Å². The molecule has 0 radical (unpaired) electrons. The van der Waals surface area contributed by atoms with Crippen LogP contribution in [0.15, 0.2) is 0 Å². The zero-order valence-electron chi connectivity index (χ0n) is 9.71. The van der Waals surface area contributed by atoms with Crippen molar-refractivity contribution in [2.45, 2.75) is 52.7 Å². The number of carbonyl (C=O) groups excluding carboxylic acids is 1. The minimum absolute atomic E-state index is 0.0624. The second-order valence-electron chi connectivity index (χ2n) is 4.32. The Balaban J connectivity index is 2.68. The van der Waals surface area contributed by atoms with Crippen molar-refractivity contribution in [1.82, 2.24) is 10.2 Å². The van der Waals surface area contributed by atoms with E-state index in [1.165, 1.54) is 0 Å². The number of carbonyl (C=O) groups is 1. The van der Waals surface area contributed by atoms with E-state index in [9.17, 15) is 4.79 Å². The Hall–Kier alpha value is -0.570. The zero-order chi connectivity index (χ0) is 10.7. The van der Waals surface area contributed by atoms with Gasteiger partial charge in [0.1, 0.15) is 0 Å². The number of rotatable bonds is 4. The monoisotopic (exact) mass is 198 g/mol. The Morgan fingerprint density at radius 1 is 1.43 bits per heavy atom. The lowest BCUT2D eigenvalue weighted by Gasteiger charge is -2.25. The standard InChI is InChI=1S/C11H22N2O/c1-5-7-9-11(14)13(6-2)10(12-9)8(3)4/h8-10,12H,5-7H2,1-4H3. The third kappa shape index (κ3) is 2.08. The predicted octanol–water partition coefficient (Wildman–Crippen LogP) is 1.59. The van der Waals surface area contributed by atoms with Gasteiger partial charge in [-0.1, -0.05) is 27.2 Å². The van der Waals surface area contributed by atoms with Gasteiger partial charge in [-0.05, 0) is 19.3 Å². The molecule has 0 saturated carbocycles. The van der Waals surface area contributed by atoms with E-state index in [0.29, 0.717) is 5.92 Å². The van der Waals surface area contributed by atoms with Gasteiger partial charge < -0.3 is 4.90 Å². The highest BCUT2D eigenvalue weighted by atomic mass is 16.2. The Bertz CT molecular complexity index is 203. The van der Waals surface area contributed by atoms with Crippen LogP contribution in [0.5, 0.6) is 0 Å². The van der Waals surface area contributed by atoms with E-state index >= 15 is 0 Å². The van der Waals surface area contributed by atoms with Crippen LogP contribution in [0.3, 0.4) is 0 Å². The molecule has 2 atom stereocenters. The molecule has 0 aromatic heterocycles. The summed E-state index contributed by atoms with van der Waals surface area (Å²) in [6.45, 7) is 9.29. The van der Waals surface area contributed by atoms with Crippen LogP contribution in [0, 0.1) is 5.92 Å². The average molecular weight is 198 g/mol. The fourth-order valence-corrected chi connectivity index (χ4v) is 2.10. The highest BCUT2D eigenvalue weighted by molar-refractivity contribution is 5.84. The number of likely N-dealkylation sites (N-methyl/N-ethyl adjacent to an activating group) is 1. The molecule has 1 aliphatic heterocycles. The van der Waals surface area contributed by atoms with Crippen LogP contribution in [0.2, 0.25) is 0 Å². The highest BCUT2D eigenvalue weighted by Gasteiger charge is 2.38. The topological polar surface area (TPSA) is 32.3 Å². The smallest absolute Gasteiger partial charge is 0.241 e. The molecule has 2 unspecified atom stereocenters. The van der Waals surface area contributed by atoms with E-state index in [-0.39, 0.29) is 18.1 Å². The molecule has 1 heterocycles. The molecule has 3 heteroatoms. The summed E-state index contributed by atoms with van der Waals surface area (Å²) in [5.41, 5.74) is 0. The first-order valence-electron chi connectivity index (χ1n) is 5.68. The number of hydrogen-bond donors (Lipinski definition) is 1. The molecular formula is C11H22N2O. The molecule has 82 valence electrons. The van der Waals surface area contributed by atoms with Gasteiger partial charge in [-0.15, -0.1) is 0 Å². The Morgan fingerprint density at radius 2 is 2.07 bits per heavy atom. The number of nitrogens with zero attached hydrogens (tertiary/aromatic N) is 1. The van der Waals surface area contributed by atoms with Crippen molar-refractivity contribution in [1.29, 1.82) is 0 Å². The molecule has 3 nitrogen and oxygen atoms in total. The van der Waals surface area contributed by atoms with Gasteiger partial charge >= 0.3 is 0 Å². The normalized spacial score (nSPS) is 27.8. The second-order valence-corrected chi connectivity index (χ2v) is 4.32. The summed E-state index contributed by atoms with van der Waals surface area (Å²) in [7, 11) is 0. The van der Waals surface area contributed by atoms with Crippen LogP contribution in [-0.4, -0.2) is 29.6 Å². The molecule has 1 fully saturated rings. The largest absolute Gasteiger partial charge is 0.326 e. The lowest BCUT2D eigenvalue weighted by molar-refractivity contribution is -0.130. The first-order chi connectivity index (χ1) is 6.61. The van der Waals surface area contributed by atoms with Crippen LogP contribution in [0.25, 0.3) is 0 Å². The number of hydrogen-bond acceptors (Lipinski definition) is 2. The van der Waals surface area contributed by atoms with Crippen molar-refractivity contribution >= 4 is 5.91 Å². The molecule has 0 aromatic rings. The van der Waals surface area contributed by atoms with E-state index in [1.54, 1.807) is 0 Å². The second kappa shape index (κ2) is 4.78. The fraction of sp³-hybridized carbons (Fsp3) is 0.909. The van der Waals surface area contributed by atoms with E-state index in [4.69, 9.17) is 0 Å². The van der Waals surface area contributed by atoms with Crippen LogP contribution in [-0.2, 0) is 4.79 Å².